The topological polar surface area (TPSA) is 236 Å². The van der Waals surface area contributed by atoms with Gasteiger partial charge in [-0.1, -0.05) is 120 Å². The summed E-state index contributed by atoms with van der Waals surface area (Å²) in [5.74, 6) is 7.03. The summed E-state index contributed by atoms with van der Waals surface area (Å²) >= 11 is 5.47. The molecule has 6 fully saturated rings. The van der Waals surface area contributed by atoms with Crippen molar-refractivity contribution in [1.82, 2.24) is 19.9 Å². The Labute approximate surface area is 656 Å². The predicted molar refractivity (Wildman–Crippen MR) is 348 cm³/mol. The number of alkyl halides is 1. The fraction of sp³-hybridized carbons (Fsp3) is 0.661. The van der Waals surface area contributed by atoms with Gasteiger partial charge in [-0.3, -0.25) is 22.2 Å². The second-order valence-corrected chi connectivity index (χ2v) is 31.6. The Bertz CT molecular complexity index is 2590. The van der Waals surface area contributed by atoms with Crippen LogP contribution in [0.3, 0.4) is 0 Å². The summed E-state index contributed by atoms with van der Waals surface area (Å²) in [6.45, 7) is 16.0. The maximum absolute atomic E-state index is 12.3. The van der Waals surface area contributed by atoms with Crippen LogP contribution < -0.4 is 0 Å². The van der Waals surface area contributed by atoms with Gasteiger partial charge in [0, 0.05) is 283 Å². The number of rotatable bonds is 7. The van der Waals surface area contributed by atoms with Crippen LogP contribution in [0.1, 0.15) is 170 Å². The molecule has 10 heterocycles. The van der Waals surface area contributed by atoms with E-state index in [1.807, 2.05) is 91.9 Å². The van der Waals surface area contributed by atoms with Gasteiger partial charge in [0.25, 0.3) is 0 Å². The SMILES string of the molecule is C.C.CC.CC.CC.CC.CN=S1(=O)CCCC1Cc1cc[c-]nc1.ClCc1cc[c-]nc1.N=S1(=O)CCCC1.N=S1(=O)CCCC1Cc1cc[c-]nc1.O=S1CCCC1.O=S1CCCC1Cc1cc[c-]nc1.[N-]=S1(=O)CCCC1.[Y].[Y].[Y].[Y].[Y]. The first-order valence-corrected chi connectivity index (χ1v) is 38.6. The zero-order chi connectivity index (χ0) is 58.7. The Morgan fingerprint density at radius 3 is 1.18 bits per heavy atom. The summed E-state index contributed by atoms with van der Waals surface area (Å²) in [7, 11) is -7.95. The molecule has 0 aliphatic carbocycles. The van der Waals surface area contributed by atoms with Crippen LogP contribution in [0.25, 0.3) is 4.78 Å². The van der Waals surface area contributed by atoms with Crippen LogP contribution in [-0.4, -0.2) is 120 Å². The summed E-state index contributed by atoms with van der Waals surface area (Å²) in [5.41, 5.74) is 4.41. The van der Waals surface area contributed by atoms with E-state index in [-0.39, 0.29) is 189 Å². The molecule has 4 aromatic heterocycles. The van der Waals surface area contributed by atoms with Crippen molar-refractivity contribution >= 4 is 72.1 Å². The largest absolute Gasteiger partial charge is 0.751 e. The van der Waals surface area contributed by atoms with Gasteiger partial charge in [0.2, 0.25) is 0 Å². The van der Waals surface area contributed by atoms with Gasteiger partial charge in [0.05, 0.1) is 0 Å². The van der Waals surface area contributed by atoms with E-state index in [1.54, 1.807) is 43.8 Å². The molecule has 6 aliphatic rings. The molecule has 0 spiro atoms. The average molecular weight is 1690 g/mol. The average Bonchev–Trinajstić information content (AvgIpc) is 4.38. The van der Waals surface area contributed by atoms with Crippen molar-refractivity contribution in [2.24, 2.45) is 4.36 Å². The summed E-state index contributed by atoms with van der Waals surface area (Å²) in [4.78, 5) is 15.5. The van der Waals surface area contributed by atoms with Gasteiger partial charge in [-0.25, -0.2) is 17.0 Å². The Morgan fingerprint density at radius 2 is 0.906 bits per heavy atom. The molecule has 10 rings (SSSR count). The first kappa shape index (κ1) is 104. The number of nitrogens with one attached hydrogen (secondary N) is 2. The fourth-order valence-electron chi connectivity index (χ4n) is 8.20. The minimum absolute atomic E-state index is 0. The first-order chi connectivity index (χ1) is 37.5. The van der Waals surface area contributed by atoms with Crippen LogP contribution in [0.2, 0.25) is 0 Å². The monoisotopic (exact) mass is 1690 g/mol. The van der Waals surface area contributed by atoms with Gasteiger partial charge >= 0.3 is 0 Å². The van der Waals surface area contributed by atoms with Crippen LogP contribution in [-0.2, 0) is 249 Å². The van der Waals surface area contributed by atoms with Gasteiger partial charge < -0.3 is 24.7 Å². The Balaban J connectivity index is -0.000000134. The minimum atomic E-state index is -2.32. The maximum Gasteiger partial charge on any atom is 0.0496 e. The third kappa shape index (κ3) is 48.8. The van der Waals surface area contributed by atoms with E-state index in [2.05, 4.69) is 49.1 Å². The predicted octanol–water partition coefficient (Wildman–Crippen LogP) is 13.8. The van der Waals surface area contributed by atoms with E-state index in [9.17, 15) is 25.3 Å². The van der Waals surface area contributed by atoms with Crippen molar-refractivity contribution in [2.75, 3.05) is 58.8 Å². The summed E-state index contributed by atoms with van der Waals surface area (Å²) in [5, 5.41) is 0.614. The number of pyridine rings is 4. The third-order valence-electron chi connectivity index (χ3n) is 12.2. The number of halogens is 1. The van der Waals surface area contributed by atoms with Gasteiger partial charge in [-0.05, 0) is 108 Å². The maximum atomic E-state index is 12.3. The number of hydrogen-bond donors (Lipinski definition) is 2. The smallest absolute Gasteiger partial charge is 0.0496 e. The van der Waals surface area contributed by atoms with Crippen LogP contribution in [0.5, 0.6) is 0 Å². The number of nitrogens with zero attached hydrogens (tertiary/aromatic N) is 6. The molecular weight excluding hydrogens is 1590 g/mol. The molecule has 0 bridgehead atoms. The van der Waals surface area contributed by atoms with E-state index in [4.69, 9.17) is 25.9 Å². The molecule has 0 saturated carbocycles. The van der Waals surface area contributed by atoms with Gasteiger partial charge in [0.15, 0.2) is 0 Å². The van der Waals surface area contributed by atoms with Crippen molar-refractivity contribution in [3.05, 3.63) is 125 Å². The van der Waals surface area contributed by atoms with Gasteiger partial charge in [-0.2, -0.15) is 48.5 Å². The van der Waals surface area contributed by atoms with Crippen molar-refractivity contribution < 1.29 is 189 Å². The Kier molecular flexibility index (Phi) is 77.9. The Hall–Kier alpha value is 2.51. The molecule has 26 heteroatoms. The summed E-state index contributed by atoms with van der Waals surface area (Å²) in [6.07, 6.45) is 32.8. The molecule has 6 saturated heterocycles. The molecule has 0 amide bonds. The second kappa shape index (κ2) is 63.9. The zero-order valence-electron chi connectivity index (χ0n) is 51.2. The van der Waals surface area contributed by atoms with E-state index < -0.39 is 60.5 Å². The first-order valence-electron chi connectivity index (χ1n) is 27.9. The van der Waals surface area contributed by atoms with Crippen molar-refractivity contribution in [2.45, 2.75) is 188 Å². The van der Waals surface area contributed by atoms with Crippen LogP contribution in [0, 0.1) is 34.3 Å². The molecule has 6 atom stereocenters. The van der Waals surface area contributed by atoms with Crippen molar-refractivity contribution in [1.29, 1.82) is 9.56 Å². The Morgan fingerprint density at radius 1 is 0.529 bits per heavy atom. The normalized spacial score (nSPS) is 22.4. The second-order valence-electron chi connectivity index (χ2n) is 17.7. The summed E-state index contributed by atoms with van der Waals surface area (Å²) in [6, 6.07) is 14.9. The minimum Gasteiger partial charge on any atom is -0.751 e. The van der Waals surface area contributed by atoms with E-state index in [1.165, 1.54) is 18.4 Å². The molecule has 85 heavy (non-hydrogen) atoms. The molecular formula is C59H102ClN8O6S6Y5-5. The summed E-state index contributed by atoms with van der Waals surface area (Å²) < 4.78 is 94.6. The van der Waals surface area contributed by atoms with Crippen molar-refractivity contribution in [3.63, 3.8) is 0 Å². The molecule has 5 radical (unpaired) electrons. The molecule has 0 aromatic carbocycles. The van der Waals surface area contributed by atoms with Crippen molar-refractivity contribution in [3.8, 4) is 0 Å². The molecule has 2 N–H and O–H groups in total. The van der Waals surface area contributed by atoms with E-state index in [0.29, 0.717) is 39.9 Å². The molecule has 4 aromatic rings. The number of hydrogen-bond acceptors (Lipinski definition) is 13. The fourth-order valence-corrected chi connectivity index (χ4v) is 18.6. The zero-order valence-corrected chi connectivity index (χ0v) is 71.0. The third-order valence-corrected chi connectivity index (χ3v) is 24.9. The van der Waals surface area contributed by atoms with Gasteiger partial charge in [0.1, 0.15) is 0 Å². The van der Waals surface area contributed by atoms with Crippen LogP contribution in [0.4, 0.5) is 0 Å². The van der Waals surface area contributed by atoms with Gasteiger partial charge in [-0.15, -0.1) is 43.6 Å². The molecule has 6 aliphatic heterocycles. The quantitative estimate of drug-likeness (QED) is 0.131. The molecule has 6 unspecified atom stereocenters. The van der Waals surface area contributed by atoms with Crippen LogP contribution in [0.15, 0.2) is 77.7 Å². The number of aromatic nitrogens is 4. The standard InChI is InChI=1S/C11H15N2OS.C10H13N2OS.C10H12NOS.C6H5ClN.C4H9NOS.C4H8NOS.C4H8OS.4C2H6.2CH4.5Y/c1-12-15(14)7-3-5-11(15)8-10-4-2-6-13-9-10;11-14(13)6-2-4-10(14)7-9-3-1-5-12-8-9;12-13-6-2-4-10(13)7-9-3-1-5-11-8-9;7-4-6-2-1-3-8-5-6;2*5-7(6)3-1-2-4-7;5-6-3-1-2-4-6;4*1-2;;;;;;;/h2,4,9,11H,3,5,7-8H2,1H3;1,3,8,10-11H,2,4,6-7H2;1,3,8,10H,2,4,6-7H2;1-2,5H,4H2;5H,1-4H2;1-4H2;1-4H2;4*1-2H3;2*1H4;;;;;/q4*-1;;-1;;;;;;;;;;;;. The van der Waals surface area contributed by atoms with E-state index in [0.717, 1.165) is 123 Å². The molecule has 477 valence electrons. The van der Waals surface area contributed by atoms with E-state index >= 15 is 0 Å². The van der Waals surface area contributed by atoms with Crippen LogP contribution >= 0.6 is 11.6 Å². The molecule has 14 nitrogen and oxygen atoms in total.